The summed E-state index contributed by atoms with van der Waals surface area (Å²) in [5.74, 6) is 1.72. The van der Waals surface area contributed by atoms with Crippen LogP contribution in [0.25, 0.3) is 39.4 Å². The number of hydrogen-bond acceptors (Lipinski definition) is 5. The first-order valence-corrected chi connectivity index (χ1v) is 12.7. The predicted molar refractivity (Wildman–Crippen MR) is 136 cm³/mol. The van der Waals surface area contributed by atoms with Crippen LogP contribution in [0.5, 0.6) is 0 Å². The Bertz CT molecular complexity index is 1460. The van der Waals surface area contributed by atoms with Crippen molar-refractivity contribution in [1.82, 2.24) is 24.3 Å². The summed E-state index contributed by atoms with van der Waals surface area (Å²) in [5, 5.41) is 10.7. The fourth-order valence-corrected chi connectivity index (χ4v) is 4.77. The number of imidazole rings is 2. The molecule has 3 aromatic heterocycles. The quantitative estimate of drug-likeness (QED) is 0.295. The van der Waals surface area contributed by atoms with Gasteiger partial charge in [0, 0.05) is 23.2 Å². The van der Waals surface area contributed by atoms with Crippen molar-refractivity contribution in [3.63, 3.8) is 0 Å². The molecule has 2 N–H and O–H groups in total. The summed E-state index contributed by atoms with van der Waals surface area (Å²) in [7, 11) is 0. The van der Waals surface area contributed by atoms with E-state index in [9.17, 15) is 5.11 Å². The molecule has 0 amide bonds. The Balaban J connectivity index is 1.37. The zero-order valence-corrected chi connectivity index (χ0v) is 19.9. The van der Waals surface area contributed by atoms with Crippen LogP contribution in [0.2, 0.25) is 0 Å². The van der Waals surface area contributed by atoms with Crippen molar-refractivity contribution < 1.29 is 5.11 Å². The Kier molecular flexibility index (Phi) is 5.23. The van der Waals surface area contributed by atoms with E-state index in [4.69, 9.17) is 4.98 Å². The van der Waals surface area contributed by atoms with Crippen molar-refractivity contribution >= 4 is 17.4 Å². The number of H-pyrrole nitrogens is 1. The molecule has 0 spiro atoms. The minimum absolute atomic E-state index is 0.489. The van der Waals surface area contributed by atoms with Gasteiger partial charge in [-0.3, -0.25) is 4.40 Å². The summed E-state index contributed by atoms with van der Waals surface area (Å²) in [4.78, 5) is 17.6. The maximum atomic E-state index is 9.83. The second-order valence-electron chi connectivity index (χ2n) is 8.80. The van der Waals surface area contributed by atoms with Gasteiger partial charge in [-0.05, 0) is 37.1 Å². The molecule has 7 heteroatoms. The Morgan fingerprint density at radius 3 is 2.35 bits per heavy atom. The maximum absolute atomic E-state index is 9.83. The average molecular weight is 468 g/mol. The molecule has 0 aliphatic heterocycles. The van der Waals surface area contributed by atoms with Gasteiger partial charge < -0.3 is 10.1 Å². The van der Waals surface area contributed by atoms with Gasteiger partial charge in [0.05, 0.1) is 35.6 Å². The van der Waals surface area contributed by atoms with Gasteiger partial charge >= 0.3 is 0 Å². The fourth-order valence-electron chi connectivity index (χ4n) is 4.25. The van der Waals surface area contributed by atoms with Crippen molar-refractivity contribution in [2.45, 2.75) is 36.8 Å². The smallest absolute Gasteiger partial charge is 0.170 e. The van der Waals surface area contributed by atoms with E-state index >= 15 is 0 Å². The molecule has 1 aliphatic rings. The van der Waals surface area contributed by atoms with Gasteiger partial charge in [0.1, 0.15) is 10.9 Å². The van der Waals surface area contributed by atoms with E-state index in [1.165, 1.54) is 12.8 Å². The minimum Gasteiger partial charge on any atom is -0.389 e. The summed E-state index contributed by atoms with van der Waals surface area (Å²) < 4.78 is 2.12. The molecule has 5 aromatic rings. The third kappa shape index (κ3) is 3.81. The average Bonchev–Trinajstić information content (AvgIpc) is 3.44. The molecule has 34 heavy (non-hydrogen) atoms. The van der Waals surface area contributed by atoms with Crippen molar-refractivity contribution in [3.8, 4) is 33.8 Å². The monoisotopic (exact) mass is 467 g/mol. The number of aliphatic hydroxyl groups excluding tert-OH is 1. The minimum atomic E-state index is -0.489. The molecule has 1 unspecified atom stereocenters. The molecule has 0 bridgehead atoms. The number of rotatable bonds is 6. The van der Waals surface area contributed by atoms with Crippen LogP contribution in [0.3, 0.4) is 0 Å². The topological polar surface area (TPSA) is 79.1 Å². The van der Waals surface area contributed by atoms with Crippen molar-refractivity contribution in [2.24, 2.45) is 0 Å². The second kappa shape index (κ2) is 8.42. The largest absolute Gasteiger partial charge is 0.389 e. The SMILES string of the molecule is CSc1nc(-c2ccc(C(C)O)cc2)cn2c(-c3ccc(-c4cnc(C5CC5)[nH]4)cc3)cnc12. The summed E-state index contributed by atoms with van der Waals surface area (Å²) in [5.41, 5.74) is 7.90. The molecule has 0 saturated heterocycles. The van der Waals surface area contributed by atoms with Crippen molar-refractivity contribution in [2.75, 3.05) is 6.26 Å². The number of nitrogens with zero attached hydrogens (tertiary/aromatic N) is 4. The Hall–Kier alpha value is -3.42. The first-order chi connectivity index (χ1) is 16.6. The van der Waals surface area contributed by atoms with Crippen LogP contribution < -0.4 is 0 Å². The third-order valence-electron chi connectivity index (χ3n) is 6.39. The van der Waals surface area contributed by atoms with E-state index < -0.39 is 6.10 Å². The van der Waals surface area contributed by atoms with Crippen LogP contribution in [-0.2, 0) is 0 Å². The third-order valence-corrected chi connectivity index (χ3v) is 7.06. The van der Waals surface area contributed by atoms with E-state index in [-0.39, 0.29) is 0 Å². The first-order valence-electron chi connectivity index (χ1n) is 11.5. The Morgan fingerprint density at radius 1 is 0.971 bits per heavy atom. The highest BCUT2D eigenvalue weighted by Gasteiger charge is 2.26. The van der Waals surface area contributed by atoms with Gasteiger partial charge in [-0.15, -0.1) is 11.8 Å². The maximum Gasteiger partial charge on any atom is 0.170 e. The lowest BCUT2D eigenvalue weighted by atomic mass is 10.1. The van der Waals surface area contributed by atoms with E-state index in [0.29, 0.717) is 5.92 Å². The van der Waals surface area contributed by atoms with Crippen molar-refractivity contribution in [1.29, 1.82) is 0 Å². The molecule has 0 radical (unpaired) electrons. The zero-order valence-electron chi connectivity index (χ0n) is 19.1. The van der Waals surface area contributed by atoms with Gasteiger partial charge in [0.25, 0.3) is 0 Å². The van der Waals surface area contributed by atoms with E-state index in [1.807, 2.05) is 49.1 Å². The number of hydrogen-bond donors (Lipinski definition) is 2. The van der Waals surface area contributed by atoms with E-state index in [1.54, 1.807) is 18.7 Å². The highest BCUT2D eigenvalue weighted by atomic mass is 32.2. The molecule has 1 aliphatic carbocycles. The standard InChI is InChI=1S/C27H25N5OS/c1-16(33)17-3-5-19(6-4-17)23-15-32-24(14-29-26(32)27(31-23)34-2)20-9-7-18(8-10-20)22-13-28-25(30-22)21-11-12-21/h3-10,13-16,21,33H,11-12H2,1-2H3,(H,28,30). The predicted octanol–water partition coefficient (Wildman–Crippen LogP) is 6.11. The normalized spacial score (nSPS) is 14.6. The van der Waals surface area contributed by atoms with Crippen LogP contribution >= 0.6 is 11.8 Å². The number of aromatic amines is 1. The first kappa shape index (κ1) is 21.1. The summed E-state index contributed by atoms with van der Waals surface area (Å²) >= 11 is 1.59. The molecule has 1 fully saturated rings. The number of aliphatic hydroxyl groups is 1. The highest BCUT2D eigenvalue weighted by molar-refractivity contribution is 7.98. The molecule has 2 aromatic carbocycles. The number of nitrogens with one attached hydrogen (secondary N) is 1. The molecule has 3 heterocycles. The van der Waals surface area contributed by atoms with Crippen LogP contribution in [-0.4, -0.2) is 35.7 Å². The Morgan fingerprint density at radius 2 is 1.68 bits per heavy atom. The number of fused-ring (bicyclic) bond motifs is 1. The summed E-state index contributed by atoms with van der Waals surface area (Å²) in [6.45, 7) is 1.77. The molecule has 170 valence electrons. The molecule has 6 rings (SSSR count). The van der Waals surface area contributed by atoms with Crippen molar-refractivity contribution in [3.05, 3.63) is 78.5 Å². The number of benzene rings is 2. The Labute approximate surface area is 202 Å². The lowest BCUT2D eigenvalue weighted by molar-refractivity contribution is 0.199. The fraction of sp³-hybridized carbons (Fsp3) is 0.222. The van der Waals surface area contributed by atoms with Gasteiger partial charge in [-0.1, -0.05) is 48.5 Å². The molecular formula is C27H25N5OS. The van der Waals surface area contributed by atoms with Gasteiger partial charge in [0.2, 0.25) is 0 Å². The van der Waals surface area contributed by atoms with Gasteiger partial charge in [-0.25, -0.2) is 15.0 Å². The number of thioether (sulfide) groups is 1. The lowest BCUT2D eigenvalue weighted by Gasteiger charge is -2.10. The zero-order chi connectivity index (χ0) is 23.2. The second-order valence-corrected chi connectivity index (χ2v) is 9.60. The molecule has 1 atom stereocenters. The molecule has 1 saturated carbocycles. The van der Waals surface area contributed by atoms with Crippen LogP contribution in [0.4, 0.5) is 0 Å². The van der Waals surface area contributed by atoms with Gasteiger partial charge in [0.15, 0.2) is 5.65 Å². The lowest BCUT2D eigenvalue weighted by Crippen LogP contribution is -1.97. The highest BCUT2D eigenvalue weighted by Crippen LogP contribution is 2.39. The summed E-state index contributed by atoms with van der Waals surface area (Å²) in [6.07, 6.45) is 9.89. The number of aromatic nitrogens is 5. The molecular weight excluding hydrogens is 442 g/mol. The van der Waals surface area contributed by atoms with E-state index in [0.717, 1.165) is 55.8 Å². The van der Waals surface area contributed by atoms with E-state index in [2.05, 4.69) is 43.6 Å². The van der Waals surface area contributed by atoms with Crippen LogP contribution in [0.1, 0.15) is 43.2 Å². The molecule has 6 nitrogen and oxygen atoms in total. The summed E-state index contributed by atoms with van der Waals surface area (Å²) in [6, 6.07) is 16.4. The van der Waals surface area contributed by atoms with Gasteiger partial charge in [-0.2, -0.15) is 0 Å². The van der Waals surface area contributed by atoms with Crippen LogP contribution in [0, 0.1) is 0 Å². The van der Waals surface area contributed by atoms with Crippen LogP contribution in [0.15, 0.2) is 72.1 Å².